The molecule has 1 aromatic carbocycles. The van der Waals surface area contributed by atoms with Crippen LogP contribution in [0.2, 0.25) is 0 Å². The van der Waals surface area contributed by atoms with Crippen molar-refractivity contribution >= 4 is 21.4 Å². The van der Waals surface area contributed by atoms with E-state index in [4.69, 9.17) is 5.73 Å². The SMILES string of the molecule is NC1CCC[C@]1(F)C(=O)Nc1cccc(S(=O)(=O)C(F)(F)F)c1. The molecule has 0 spiro atoms. The third-order valence-electron chi connectivity index (χ3n) is 3.73. The lowest BCUT2D eigenvalue weighted by Gasteiger charge is -2.23. The zero-order valence-electron chi connectivity index (χ0n) is 11.7. The number of nitrogens with one attached hydrogen (secondary N) is 1. The van der Waals surface area contributed by atoms with Crippen molar-refractivity contribution in [2.45, 2.75) is 41.4 Å². The molecule has 1 aliphatic carbocycles. The van der Waals surface area contributed by atoms with Gasteiger partial charge in [0.15, 0.2) is 0 Å². The highest BCUT2D eigenvalue weighted by Crippen LogP contribution is 2.35. The summed E-state index contributed by atoms with van der Waals surface area (Å²) >= 11 is 0. The maximum atomic E-state index is 14.5. The van der Waals surface area contributed by atoms with Gasteiger partial charge in [0, 0.05) is 11.7 Å². The summed E-state index contributed by atoms with van der Waals surface area (Å²) < 4.78 is 74.7. The Bertz CT molecular complexity index is 720. The number of amides is 1. The molecule has 1 saturated carbocycles. The summed E-state index contributed by atoms with van der Waals surface area (Å²) in [5.74, 6) is -1.09. The highest BCUT2D eigenvalue weighted by atomic mass is 32.2. The van der Waals surface area contributed by atoms with Crippen LogP contribution in [-0.4, -0.2) is 31.5 Å². The van der Waals surface area contributed by atoms with Crippen LogP contribution in [0, 0.1) is 0 Å². The minimum atomic E-state index is -5.55. The molecule has 1 fully saturated rings. The number of anilines is 1. The molecular weight excluding hydrogens is 340 g/mol. The Labute approximate surface area is 129 Å². The van der Waals surface area contributed by atoms with Crippen LogP contribution in [-0.2, 0) is 14.6 Å². The summed E-state index contributed by atoms with van der Waals surface area (Å²) in [7, 11) is -5.55. The molecule has 2 atom stereocenters. The first-order chi connectivity index (χ1) is 10.5. The van der Waals surface area contributed by atoms with Gasteiger partial charge in [-0.1, -0.05) is 6.07 Å². The van der Waals surface area contributed by atoms with Gasteiger partial charge in [-0.3, -0.25) is 4.79 Å². The number of halogens is 4. The highest BCUT2D eigenvalue weighted by molar-refractivity contribution is 7.92. The molecule has 23 heavy (non-hydrogen) atoms. The van der Waals surface area contributed by atoms with Gasteiger partial charge < -0.3 is 11.1 Å². The molecule has 128 valence electrons. The first kappa shape index (κ1) is 17.7. The second-order valence-electron chi connectivity index (χ2n) is 5.29. The van der Waals surface area contributed by atoms with Crippen molar-refractivity contribution < 1.29 is 30.8 Å². The monoisotopic (exact) mass is 354 g/mol. The van der Waals surface area contributed by atoms with Crippen LogP contribution in [0.5, 0.6) is 0 Å². The molecule has 2 rings (SSSR count). The van der Waals surface area contributed by atoms with Gasteiger partial charge in [-0.25, -0.2) is 12.8 Å². The molecule has 0 aliphatic heterocycles. The Balaban J connectivity index is 2.27. The number of benzene rings is 1. The van der Waals surface area contributed by atoms with Crippen LogP contribution in [0.1, 0.15) is 19.3 Å². The highest BCUT2D eigenvalue weighted by Gasteiger charge is 2.49. The van der Waals surface area contributed by atoms with Gasteiger partial charge in [0.1, 0.15) is 0 Å². The fourth-order valence-corrected chi connectivity index (χ4v) is 3.19. The number of hydrogen-bond acceptors (Lipinski definition) is 4. The van der Waals surface area contributed by atoms with Crippen LogP contribution in [0.4, 0.5) is 23.2 Å². The Morgan fingerprint density at radius 2 is 2.00 bits per heavy atom. The fourth-order valence-electron chi connectivity index (χ4n) is 2.38. The van der Waals surface area contributed by atoms with E-state index in [2.05, 4.69) is 5.32 Å². The Morgan fingerprint density at radius 1 is 1.35 bits per heavy atom. The first-order valence-electron chi connectivity index (χ1n) is 6.66. The molecule has 1 amide bonds. The van der Waals surface area contributed by atoms with E-state index >= 15 is 0 Å². The van der Waals surface area contributed by atoms with Gasteiger partial charge in [0.05, 0.1) is 4.90 Å². The number of carbonyl (C=O) groups excluding carboxylic acids is 1. The average Bonchev–Trinajstić information content (AvgIpc) is 2.79. The van der Waals surface area contributed by atoms with Gasteiger partial charge in [-0.2, -0.15) is 13.2 Å². The van der Waals surface area contributed by atoms with Crippen LogP contribution in [0.15, 0.2) is 29.2 Å². The number of sulfone groups is 1. The van der Waals surface area contributed by atoms with Crippen molar-refractivity contribution in [2.75, 3.05) is 5.32 Å². The Hall–Kier alpha value is -1.68. The van der Waals surface area contributed by atoms with Crippen LogP contribution < -0.4 is 11.1 Å². The van der Waals surface area contributed by atoms with Crippen LogP contribution in [0.25, 0.3) is 0 Å². The second-order valence-corrected chi connectivity index (χ2v) is 7.23. The summed E-state index contributed by atoms with van der Waals surface area (Å²) in [5.41, 5.74) is -2.50. The predicted octanol–water partition coefficient (Wildman–Crippen LogP) is 2.14. The van der Waals surface area contributed by atoms with E-state index in [1.807, 2.05) is 0 Å². The number of carbonyl (C=O) groups is 1. The number of nitrogens with two attached hydrogens (primary N) is 1. The molecule has 1 aliphatic rings. The van der Waals surface area contributed by atoms with Gasteiger partial charge in [-0.05, 0) is 37.5 Å². The van der Waals surface area contributed by atoms with Crippen molar-refractivity contribution in [3.8, 4) is 0 Å². The lowest BCUT2D eigenvalue weighted by molar-refractivity contribution is -0.127. The summed E-state index contributed by atoms with van der Waals surface area (Å²) in [4.78, 5) is 10.9. The number of rotatable bonds is 3. The summed E-state index contributed by atoms with van der Waals surface area (Å²) in [5, 5.41) is 2.09. The van der Waals surface area contributed by atoms with Gasteiger partial charge in [-0.15, -0.1) is 0 Å². The van der Waals surface area contributed by atoms with Crippen molar-refractivity contribution in [3.05, 3.63) is 24.3 Å². The molecule has 0 radical (unpaired) electrons. The van der Waals surface area contributed by atoms with E-state index in [1.165, 1.54) is 0 Å². The summed E-state index contributed by atoms with van der Waals surface area (Å²) in [6, 6.07) is 2.55. The second kappa shape index (κ2) is 5.75. The first-order valence-corrected chi connectivity index (χ1v) is 8.14. The van der Waals surface area contributed by atoms with Gasteiger partial charge >= 0.3 is 5.51 Å². The molecule has 1 aromatic rings. The molecule has 0 saturated heterocycles. The predicted molar refractivity (Wildman–Crippen MR) is 74.0 cm³/mol. The van der Waals surface area contributed by atoms with Gasteiger partial charge in [0.2, 0.25) is 5.67 Å². The van der Waals surface area contributed by atoms with Gasteiger partial charge in [0.25, 0.3) is 15.7 Å². The van der Waals surface area contributed by atoms with E-state index < -0.39 is 37.9 Å². The van der Waals surface area contributed by atoms with E-state index in [1.54, 1.807) is 0 Å². The molecule has 0 bridgehead atoms. The van der Waals surface area contributed by atoms with Crippen LogP contribution >= 0.6 is 0 Å². The summed E-state index contributed by atoms with van der Waals surface area (Å²) in [6.45, 7) is 0. The van der Waals surface area contributed by atoms with Crippen molar-refractivity contribution in [1.29, 1.82) is 0 Å². The molecule has 1 unspecified atom stereocenters. The maximum absolute atomic E-state index is 14.5. The average molecular weight is 354 g/mol. The van der Waals surface area contributed by atoms with E-state index in [0.717, 1.165) is 18.2 Å². The zero-order chi connectivity index (χ0) is 17.5. The normalized spacial score (nSPS) is 25.3. The smallest absolute Gasteiger partial charge is 0.325 e. The molecule has 0 aromatic heterocycles. The minimum absolute atomic E-state index is 0.0967. The summed E-state index contributed by atoms with van der Waals surface area (Å²) in [6.07, 6.45) is 0.626. The molecule has 3 N–H and O–H groups in total. The lowest BCUT2D eigenvalue weighted by Crippen LogP contribution is -2.49. The molecule has 0 heterocycles. The molecule has 5 nitrogen and oxygen atoms in total. The fraction of sp³-hybridized carbons (Fsp3) is 0.462. The molecular formula is C13H14F4N2O3S. The van der Waals surface area contributed by atoms with E-state index in [0.29, 0.717) is 18.9 Å². The third-order valence-corrected chi connectivity index (χ3v) is 5.21. The Kier molecular flexibility index (Phi) is 4.42. The largest absolute Gasteiger partial charge is 0.501 e. The molecule has 10 heteroatoms. The quantitative estimate of drug-likeness (QED) is 0.814. The maximum Gasteiger partial charge on any atom is 0.501 e. The van der Waals surface area contributed by atoms with E-state index in [-0.39, 0.29) is 12.1 Å². The standard InChI is InChI=1S/C13H14F4N2O3S/c14-12(6-2-5-10(12)18)11(20)19-8-3-1-4-9(7-8)23(21,22)13(15,16)17/h1,3-4,7,10H,2,5-6,18H2,(H,19,20)/t10?,12-/m1/s1. The number of hydrogen-bond donors (Lipinski definition) is 2. The van der Waals surface area contributed by atoms with E-state index in [9.17, 15) is 30.8 Å². The van der Waals surface area contributed by atoms with Crippen molar-refractivity contribution in [1.82, 2.24) is 0 Å². The lowest BCUT2D eigenvalue weighted by atomic mass is 9.99. The topological polar surface area (TPSA) is 89.3 Å². The zero-order valence-corrected chi connectivity index (χ0v) is 12.5. The minimum Gasteiger partial charge on any atom is -0.325 e. The Morgan fingerprint density at radius 3 is 2.52 bits per heavy atom. The number of alkyl halides is 4. The van der Waals surface area contributed by atoms with Crippen molar-refractivity contribution in [3.63, 3.8) is 0 Å². The van der Waals surface area contributed by atoms with Crippen molar-refractivity contribution in [2.24, 2.45) is 5.73 Å². The van der Waals surface area contributed by atoms with Crippen LogP contribution in [0.3, 0.4) is 0 Å². The third kappa shape index (κ3) is 3.18.